The molecule has 2 heterocycles. The number of benzene rings is 1. The molecule has 0 atom stereocenters. The number of amides is 1. The molecule has 2 aromatic heterocycles. The maximum atomic E-state index is 12.3. The van der Waals surface area contributed by atoms with Crippen LogP contribution in [0.3, 0.4) is 0 Å². The summed E-state index contributed by atoms with van der Waals surface area (Å²) >= 11 is 1.22. The molecule has 1 amide bonds. The van der Waals surface area contributed by atoms with Gasteiger partial charge in [-0.2, -0.15) is 5.10 Å². The molecule has 0 spiro atoms. The standard InChI is InChI=1S/C18H17N3O2S/c1-13(22)16-7-8-17(24-16)18(23)19-11-14-5-2-3-6-15(14)12-21-10-4-9-20-21/h2-10H,11-12H2,1H3,(H,19,23). The Morgan fingerprint density at radius 1 is 1.08 bits per heavy atom. The Morgan fingerprint density at radius 2 is 1.83 bits per heavy atom. The van der Waals surface area contributed by atoms with Crippen LogP contribution in [0.1, 0.15) is 37.4 Å². The summed E-state index contributed by atoms with van der Waals surface area (Å²) in [4.78, 5) is 24.7. The molecule has 0 aliphatic rings. The summed E-state index contributed by atoms with van der Waals surface area (Å²) in [6.07, 6.45) is 3.65. The molecule has 0 bridgehead atoms. The third-order valence-electron chi connectivity index (χ3n) is 3.63. The van der Waals surface area contributed by atoms with E-state index in [4.69, 9.17) is 0 Å². The predicted molar refractivity (Wildman–Crippen MR) is 93.3 cm³/mol. The van der Waals surface area contributed by atoms with E-state index in [1.165, 1.54) is 18.3 Å². The van der Waals surface area contributed by atoms with Crippen LogP contribution >= 0.6 is 11.3 Å². The van der Waals surface area contributed by atoms with Crippen molar-refractivity contribution >= 4 is 23.0 Å². The van der Waals surface area contributed by atoms with Crippen molar-refractivity contribution in [1.82, 2.24) is 15.1 Å². The van der Waals surface area contributed by atoms with Crippen LogP contribution in [0.4, 0.5) is 0 Å². The van der Waals surface area contributed by atoms with Crippen LogP contribution in [0.25, 0.3) is 0 Å². The molecule has 0 saturated heterocycles. The number of carbonyl (C=O) groups excluding carboxylic acids is 2. The number of thiophene rings is 1. The molecule has 0 aliphatic carbocycles. The van der Waals surface area contributed by atoms with Gasteiger partial charge >= 0.3 is 0 Å². The van der Waals surface area contributed by atoms with Crippen molar-refractivity contribution in [3.05, 3.63) is 75.7 Å². The van der Waals surface area contributed by atoms with E-state index in [2.05, 4.69) is 10.4 Å². The molecule has 122 valence electrons. The highest BCUT2D eigenvalue weighted by atomic mass is 32.1. The fourth-order valence-electron chi connectivity index (χ4n) is 2.36. The SMILES string of the molecule is CC(=O)c1ccc(C(=O)NCc2ccccc2Cn2cccn2)s1. The fraction of sp³-hybridized carbons (Fsp3) is 0.167. The highest BCUT2D eigenvalue weighted by molar-refractivity contribution is 7.15. The van der Waals surface area contributed by atoms with Crippen molar-refractivity contribution in [2.45, 2.75) is 20.0 Å². The molecule has 3 aromatic rings. The molecule has 3 rings (SSSR count). The Labute approximate surface area is 143 Å². The summed E-state index contributed by atoms with van der Waals surface area (Å²) in [5.41, 5.74) is 2.15. The molecule has 0 saturated carbocycles. The minimum absolute atomic E-state index is 0.0244. The molecular weight excluding hydrogens is 322 g/mol. The summed E-state index contributed by atoms with van der Waals surface area (Å²) in [5, 5.41) is 7.13. The molecule has 24 heavy (non-hydrogen) atoms. The summed E-state index contributed by atoms with van der Waals surface area (Å²) in [5.74, 6) is -0.190. The van der Waals surface area contributed by atoms with Gasteiger partial charge in [-0.05, 0) is 36.2 Å². The molecule has 1 N–H and O–H groups in total. The highest BCUT2D eigenvalue weighted by Gasteiger charge is 2.12. The number of carbonyl (C=O) groups is 2. The monoisotopic (exact) mass is 339 g/mol. The number of hydrogen-bond donors (Lipinski definition) is 1. The largest absolute Gasteiger partial charge is 0.347 e. The second-order valence-electron chi connectivity index (χ2n) is 5.38. The van der Waals surface area contributed by atoms with Gasteiger partial charge in [0.05, 0.1) is 16.3 Å². The van der Waals surface area contributed by atoms with Crippen molar-refractivity contribution in [2.24, 2.45) is 0 Å². The average Bonchev–Trinajstić information content (AvgIpc) is 3.25. The lowest BCUT2D eigenvalue weighted by molar-refractivity contribution is 0.0954. The van der Waals surface area contributed by atoms with Crippen molar-refractivity contribution in [1.29, 1.82) is 0 Å². The Kier molecular flexibility index (Phi) is 4.86. The van der Waals surface area contributed by atoms with Gasteiger partial charge in [0.1, 0.15) is 0 Å². The van der Waals surface area contributed by atoms with Crippen molar-refractivity contribution in [3.8, 4) is 0 Å². The fourth-order valence-corrected chi connectivity index (χ4v) is 3.18. The van der Waals surface area contributed by atoms with Crippen LogP contribution in [0.15, 0.2) is 54.9 Å². The van der Waals surface area contributed by atoms with Crippen LogP contribution in [0.2, 0.25) is 0 Å². The quantitative estimate of drug-likeness (QED) is 0.702. The van der Waals surface area contributed by atoms with Crippen molar-refractivity contribution in [2.75, 3.05) is 0 Å². The molecular formula is C18H17N3O2S. The number of aromatic nitrogens is 2. The van der Waals surface area contributed by atoms with Crippen LogP contribution in [-0.4, -0.2) is 21.5 Å². The maximum Gasteiger partial charge on any atom is 0.261 e. The van der Waals surface area contributed by atoms with Gasteiger partial charge in [-0.25, -0.2) is 0 Å². The average molecular weight is 339 g/mol. The first-order valence-electron chi connectivity index (χ1n) is 7.56. The number of hydrogen-bond acceptors (Lipinski definition) is 4. The molecule has 1 aromatic carbocycles. The van der Waals surface area contributed by atoms with E-state index in [0.717, 1.165) is 11.1 Å². The van der Waals surface area contributed by atoms with Crippen LogP contribution in [-0.2, 0) is 13.1 Å². The Bertz CT molecular complexity index is 853. The third-order valence-corrected chi connectivity index (χ3v) is 4.81. The summed E-state index contributed by atoms with van der Waals surface area (Å²) in [7, 11) is 0. The first-order valence-corrected chi connectivity index (χ1v) is 8.38. The topological polar surface area (TPSA) is 64.0 Å². The van der Waals surface area contributed by atoms with Gasteiger partial charge in [0.2, 0.25) is 0 Å². The summed E-state index contributed by atoms with van der Waals surface area (Å²) in [6, 6.07) is 13.2. The van der Waals surface area contributed by atoms with Gasteiger partial charge in [0.15, 0.2) is 5.78 Å². The lowest BCUT2D eigenvalue weighted by Gasteiger charge is -2.10. The lowest BCUT2D eigenvalue weighted by Crippen LogP contribution is -2.22. The first-order chi connectivity index (χ1) is 11.6. The van der Waals surface area contributed by atoms with E-state index in [1.807, 2.05) is 41.2 Å². The van der Waals surface area contributed by atoms with E-state index in [1.54, 1.807) is 18.3 Å². The number of nitrogens with zero attached hydrogens (tertiary/aromatic N) is 2. The number of ketones is 1. The van der Waals surface area contributed by atoms with Crippen LogP contribution in [0, 0.1) is 0 Å². The second-order valence-corrected chi connectivity index (χ2v) is 6.46. The minimum Gasteiger partial charge on any atom is -0.347 e. The third kappa shape index (κ3) is 3.78. The predicted octanol–water partition coefficient (Wildman–Crippen LogP) is 3.13. The highest BCUT2D eigenvalue weighted by Crippen LogP contribution is 2.17. The first kappa shape index (κ1) is 16.1. The van der Waals surface area contributed by atoms with Crippen molar-refractivity contribution in [3.63, 3.8) is 0 Å². The Hall–Kier alpha value is -2.73. The summed E-state index contributed by atoms with van der Waals surface area (Å²) < 4.78 is 1.85. The lowest BCUT2D eigenvalue weighted by atomic mass is 10.1. The van der Waals surface area contributed by atoms with Crippen molar-refractivity contribution < 1.29 is 9.59 Å². The van der Waals surface area contributed by atoms with E-state index in [-0.39, 0.29) is 11.7 Å². The molecule has 0 unspecified atom stereocenters. The van der Waals surface area contributed by atoms with E-state index in [9.17, 15) is 9.59 Å². The van der Waals surface area contributed by atoms with Gasteiger partial charge in [0, 0.05) is 18.9 Å². The normalized spacial score (nSPS) is 10.5. The zero-order chi connectivity index (χ0) is 16.9. The zero-order valence-electron chi connectivity index (χ0n) is 13.2. The van der Waals surface area contributed by atoms with Gasteiger partial charge < -0.3 is 5.32 Å². The smallest absolute Gasteiger partial charge is 0.261 e. The van der Waals surface area contributed by atoms with Gasteiger partial charge in [0.25, 0.3) is 5.91 Å². The minimum atomic E-state index is -0.165. The van der Waals surface area contributed by atoms with Gasteiger partial charge in [-0.3, -0.25) is 14.3 Å². The van der Waals surface area contributed by atoms with Gasteiger partial charge in [-0.1, -0.05) is 24.3 Å². The molecule has 0 fully saturated rings. The molecule has 6 heteroatoms. The molecule has 0 aliphatic heterocycles. The maximum absolute atomic E-state index is 12.3. The zero-order valence-corrected chi connectivity index (χ0v) is 14.0. The molecule has 5 nitrogen and oxygen atoms in total. The summed E-state index contributed by atoms with van der Waals surface area (Å²) in [6.45, 7) is 2.59. The number of rotatable bonds is 6. The Balaban J connectivity index is 1.67. The van der Waals surface area contributed by atoms with E-state index in [0.29, 0.717) is 22.8 Å². The Morgan fingerprint density at radius 3 is 2.50 bits per heavy atom. The van der Waals surface area contributed by atoms with Crippen LogP contribution < -0.4 is 5.32 Å². The van der Waals surface area contributed by atoms with Gasteiger partial charge in [-0.15, -0.1) is 11.3 Å². The van der Waals surface area contributed by atoms with Crippen LogP contribution in [0.5, 0.6) is 0 Å². The molecule has 0 radical (unpaired) electrons. The van der Waals surface area contributed by atoms with E-state index >= 15 is 0 Å². The van der Waals surface area contributed by atoms with E-state index < -0.39 is 0 Å². The number of Topliss-reactive ketones (excluding diaryl/α,β-unsaturated/α-hetero) is 1. The number of nitrogens with one attached hydrogen (secondary N) is 1. The second kappa shape index (κ2) is 7.23.